The van der Waals surface area contributed by atoms with Gasteiger partial charge in [-0.15, -0.1) is 0 Å². The van der Waals surface area contributed by atoms with Crippen molar-refractivity contribution < 1.29 is 22.7 Å². The lowest BCUT2D eigenvalue weighted by Gasteiger charge is -2.12. The minimum absolute atomic E-state index is 0.172. The molecule has 1 N–H and O–H groups in total. The summed E-state index contributed by atoms with van der Waals surface area (Å²) in [5, 5.41) is -0.453. The minimum atomic E-state index is -4.47. The molecule has 0 atom stereocenters. The van der Waals surface area contributed by atoms with E-state index in [9.17, 15) is 22.8 Å². The zero-order chi connectivity index (χ0) is 28.5. The number of aryl methyl sites for hydroxylation is 1. The number of para-hydroxylation sites is 1. The molecule has 0 fully saturated rings. The maximum atomic E-state index is 13.3. The zero-order valence-electron chi connectivity index (χ0n) is 21.1. The Hall–Kier alpha value is -3.86. The first-order chi connectivity index (χ1) is 18.4. The molecule has 0 aliphatic carbocycles. The number of esters is 1. The molecule has 0 saturated carbocycles. The summed E-state index contributed by atoms with van der Waals surface area (Å²) in [7, 11) is -2.85. The van der Waals surface area contributed by atoms with Gasteiger partial charge >= 0.3 is 5.97 Å². The van der Waals surface area contributed by atoms with E-state index in [0.717, 1.165) is 17.7 Å². The lowest BCUT2D eigenvalue weighted by molar-refractivity contribution is 0.0474. The highest BCUT2D eigenvalue weighted by Gasteiger charge is 2.27. The number of benzene rings is 3. The molecule has 1 aromatic heterocycles. The van der Waals surface area contributed by atoms with Crippen LogP contribution in [0.1, 0.15) is 32.0 Å². The molecule has 1 heterocycles. The van der Waals surface area contributed by atoms with Crippen molar-refractivity contribution in [2.24, 2.45) is 7.05 Å². The van der Waals surface area contributed by atoms with Crippen molar-refractivity contribution in [1.82, 2.24) is 9.36 Å². The first kappa shape index (κ1) is 28.2. The summed E-state index contributed by atoms with van der Waals surface area (Å²) in [5.74, 6) is -1.46. The monoisotopic (exact) mass is 587 g/mol. The van der Waals surface area contributed by atoms with Crippen molar-refractivity contribution in [3.05, 3.63) is 110 Å². The molecular weight excluding hydrogens is 565 g/mol. The van der Waals surface area contributed by atoms with E-state index in [1.54, 1.807) is 68.6 Å². The van der Waals surface area contributed by atoms with Crippen molar-refractivity contribution in [2.45, 2.75) is 18.7 Å². The molecule has 0 bridgehead atoms. The van der Waals surface area contributed by atoms with E-state index in [-0.39, 0.29) is 21.3 Å². The van der Waals surface area contributed by atoms with E-state index in [1.807, 2.05) is 6.92 Å². The van der Waals surface area contributed by atoms with Crippen LogP contribution in [-0.4, -0.2) is 36.1 Å². The van der Waals surface area contributed by atoms with E-state index < -0.39 is 38.8 Å². The molecule has 0 amide bonds. The number of carbonyl (C=O) groups is 2. The molecule has 39 heavy (non-hydrogen) atoms. The smallest absolute Gasteiger partial charge is 0.340 e. The third-order valence-electron chi connectivity index (χ3n) is 6.03. The fraction of sp³-hybridized carbons (Fsp3) is 0.148. The number of rotatable bonds is 8. The van der Waals surface area contributed by atoms with Crippen LogP contribution in [0.25, 0.3) is 5.69 Å². The molecular formula is C27H23Cl2N3O6S. The van der Waals surface area contributed by atoms with Crippen LogP contribution in [0.3, 0.4) is 0 Å². The van der Waals surface area contributed by atoms with Crippen LogP contribution in [0.2, 0.25) is 10.0 Å². The predicted molar refractivity (Wildman–Crippen MR) is 149 cm³/mol. The second kappa shape index (κ2) is 11.1. The van der Waals surface area contributed by atoms with Gasteiger partial charge in [0.25, 0.3) is 15.6 Å². The maximum absolute atomic E-state index is 13.3. The normalized spacial score (nSPS) is 11.3. The van der Waals surface area contributed by atoms with Crippen LogP contribution in [0.15, 0.2) is 76.4 Å². The number of ether oxygens (including phenoxy) is 1. The molecule has 202 valence electrons. The van der Waals surface area contributed by atoms with Crippen LogP contribution < -0.4 is 10.3 Å². The average Bonchev–Trinajstić information content (AvgIpc) is 3.10. The van der Waals surface area contributed by atoms with Crippen LogP contribution in [0.4, 0.5) is 5.69 Å². The summed E-state index contributed by atoms with van der Waals surface area (Å²) in [6, 6.07) is 17.4. The highest BCUT2D eigenvalue weighted by atomic mass is 35.5. The lowest BCUT2D eigenvalue weighted by Crippen LogP contribution is -2.23. The number of nitrogens with zero attached hydrogens (tertiary/aromatic N) is 2. The van der Waals surface area contributed by atoms with Crippen LogP contribution in [-0.2, 0) is 21.8 Å². The Morgan fingerprint density at radius 3 is 2.23 bits per heavy atom. The number of nitrogens with one attached hydrogen (secondary N) is 1. The Balaban J connectivity index is 1.62. The number of carbonyl (C=O) groups excluding carboxylic acids is 2. The van der Waals surface area contributed by atoms with Crippen molar-refractivity contribution >= 4 is 50.7 Å². The van der Waals surface area contributed by atoms with E-state index in [4.69, 9.17) is 27.9 Å². The van der Waals surface area contributed by atoms with Crippen LogP contribution in [0.5, 0.6) is 0 Å². The molecule has 0 spiro atoms. The van der Waals surface area contributed by atoms with Gasteiger partial charge < -0.3 is 4.74 Å². The average molecular weight is 588 g/mol. The fourth-order valence-corrected chi connectivity index (χ4v) is 5.77. The Bertz CT molecular complexity index is 1740. The van der Waals surface area contributed by atoms with Gasteiger partial charge in [-0.2, -0.15) is 0 Å². The molecule has 9 nitrogen and oxygen atoms in total. The van der Waals surface area contributed by atoms with Gasteiger partial charge in [0.2, 0.25) is 0 Å². The largest absolute Gasteiger partial charge is 0.454 e. The van der Waals surface area contributed by atoms with Crippen molar-refractivity contribution in [1.29, 1.82) is 0 Å². The van der Waals surface area contributed by atoms with E-state index in [0.29, 0.717) is 16.9 Å². The molecule has 3 aromatic carbocycles. The first-order valence-corrected chi connectivity index (χ1v) is 13.8. The lowest BCUT2D eigenvalue weighted by atomic mass is 10.1. The molecule has 4 aromatic rings. The summed E-state index contributed by atoms with van der Waals surface area (Å²) in [4.78, 5) is 37.8. The number of hydrogen-bond acceptors (Lipinski definition) is 6. The second-order valence-electron chi connectivity index (χ2n) is 8.67. The fourth-order valence-electron chi connectivity index (χ4n) is 3.80. The van der Waals surface area contributed by atoms with Gasteiger partial charge in [0.15, 0.2) is 12.4 Å². The summed E-state index contributed by atoms with van der Waals surface area (Å²) in [6.07, 6.45) is 0. The van der Waals surface area contributed by atoms with Gasteiger partial charge in [0.05, 0.1) is 27.0 Å². The van der Waals surface area contributed by atoms with Crippen LogP contribution in [0, 0.1) is 13.8 Å². The molecule has 0 aliphatic rings. The van der Waals surface area contributed by atoms with Gasteiger partial charge in [0.1, 0.15) is 10.6 Å². The first-order valence-electron chi connectivity index (χ1n) is 11.5. The molecule has 12 heteroatoms. The number of ketones is 1. The number of halogens is 2. The summed E-state index contributed by atoms with van der Waals surface area (Å²) in [5.41, 5.74) is 1.07. The molecule has 0 saturated heterocycles. The highest BCUT2D eigenvalue weighted by Crippen LogP contribution is 2.31. The van der Waals surface area contributed by atoms with E-state index >= 15 is 0 Å². The minimum Gasteiger partial charge on any atom is -0.454 e. The standard InChI is InChI=1S/C27H23Cl2N3O6S/c1-16-9-11-18(12-10-16)23(33)15-38-27(35)20-13-24(22(29)14-21(20)28)39(36,37)30-25-17(2)31(3)32(26(25)34)19-7-5-4-6-8-19/h4-14,30H,15H2,1-3H3. The molecule has 0 aliphatic heterocycles. The quantitative estimate of drug-likeness (QED) is 0.230. The Morgan fingerprint density at radius 1 is 0.949 bits per heavy atom. The van der Waals surface area contributed by atoms with E-state index in [1.165, 1.54) is 9.36 Å². The summed E-state index contributed by atoms with van der Waals surface area (Å²) >= 11 is 12.3. The molecule has 4 rings (SSSR count). The third kappa shape index (κ3) is 5.78. The van der Waals surface area contributed by atoms with Crippen LogP contribution >= 0.6 is 23.2 Å². The number of aromatic nitrogens is 2. The highest BCUT2D eigenvalue weighted by molar-refractivity contribution is 7.92. The van der Waals surface area contributed by atoms with Gasteiger partial charge in [-0.3, -0.25) is 19.0 Å². The van der Waals surface area contributed by atoms with E-state index in [2.05, 4.69) is 4.72 Å². The predicted octanol–water partition coefficient (Wildman–Crippen LogP) is 4.94. The zero-order valence-corrected chi connectivity index (χ0v) is 23.4. The summed E-state index contributed by atoms with van der Waals surface area (Å²) < 4.78 is 36.9. The summed E-state index contributed by atoms with van der Waals surface area (Å²) in [6.45, 7) is 2.87. The van der Waals surface area contributed by atoms with Gasteiger partial charge in [-0.25, -0.2) is 17.9 Å². The Kier molecular flexibility index (Phi) is 8.01. The SMILES string of the molecule is Cc1ccc(C(=O)COC(=O)c2cc(S(=O)(=O)Nc3c(C)n(C)n(-c4ccccc4)c3=O)c(Cl)cc2Cl)cc1. The Labute approximate surface area is 234 Å². The molecule has 0 unspecified atom stereocenters. The number of hydrogen-bond donors (Lipinski definition) is 1. The topological polar surface area (TPSA) is 116 Å². The number of anilines is 1. The van der Waals surface area contributed by atoms with Crippen molar-refractivity contribution in [3.8, 4) is 5.69 Å². The molecule has 0 radical (unpaired) electrons. The van der Waals surface area contributed by atoms with Gasteiger partial charge in [0, 0.05) is 12.6 Å². The van der Waals surface area contributed by atoms with Crippen molar-refractivity contribution in [2.75, 3.05) is 11.3 Å². The van der Waals surface area contributed by atoms with Gasteiger partial charge in [-0.1, -0.05) is 71.2 Å². The number of Topliss-reactive ketones (excluding diaryl/α,β-unsaturated/α-hetero) is 1. The Morgan fingerprint density at radius 2 is 1.59 bits per heavy atom. The maximum Gasteiger partial charge on any atom is 0.340 e. The van der Waals surface area contributed by atoms with Gasteiger partial charge in [-0.05, 0) is 38.1 Å². The third-order valence-corrected chi connectivity index (χ3v) is 8.16. The number of sulfonamides is 1. The van der Waals surface area contributed by atoms with Crippen molar-refractivity contribution in [3.63, 3.8) is 0 Å². The second-order valence-corrected chi connectivity index (χ2v) is 11.1.